The van der Waals surface area contributed by atoms with Gasteiger partial charge in [0.1, 0.15) is 12.4 Å². The molecule has 1 atom stereocenters. The van der Waals surface area contributed by atoms with Crippen LogP contribution < -0.4 is 9.92 Å². The van der Waals surface area contributed by atoms with Crippen LogP contribution in [0.3, 0.4) is 0 Å². The number of fused-ring (bicyclic) bond motifs is 1. The number of rotatable bonds is 6. The number of likely N-dealkylation sites (tertiary alicyclic amines) is 1. The molecule has 29 heavy (non-hydrogen) atoms. The first kappa shape index (κ1) is 20.0. The minimum atomic E-state index is -1.89. The Morgan fingerprint density at radius 3 is 2.59 bits per heavy atom. The van der Waals surface area contributed by atoms with E-state index >= 15 is 0 Å². The molecule has 1 unspecified atom stereocenters. The lowest BCUT2D eigenvalue weighted by molar-refractivity contribution is 0.326. The third kappa shape index (κ3) is 3.68. The van der Waals surface area contributed by atoms with Crippen LogP contribution in [0.15, 0.2) is 61.2 Å². The minimum absolute atomic E-state index is 0.462. The second-order valence-corrected chi connectivity index (χ2v) is 13.5. The van der Waals surface area contributed by atoms with Gasteiger partial charge in [-0.2, -0.15) is 0 Å². The Labute approximate surface area is 176 Å². The van der Waals surface area contributed by atoms with Crippen LogP contribution in [0.25, 0.3) is 5.70 Å². The van der Waals surface area contributed by atoms with Gasteiger partial charge in [-0.3, -0.25) is 0 Å². The quantitative estimate of drug-likeness (QED) is 0.457. The van der Waals surface area contributed by atoms with E-state index in [2.05, 4.69) is 80.0 Å². The SMILES string of the molecule is C=CCOc1c(C)cccc1[Si](C)(C)C1C=C(N2CCCCC2)c2ccccc21. The largest absolute Gasteiger partial charge is 0.489 e. The molecule has 3 heteroatoms. The Bertz CT molecular complexity index is 924. The fourth-order valence-corrected chi connectivity index (χ4v) is 8.33. The summed E-state index contributed by atoms with van der Waals surface area (Å²) in [5, 5.41) is 1.41. The molecular formula is C26H33NOSi. The van der Waals surface area contributed by atoms with Gasteiger partial charge in [-0.1, -0.05) is 74.3 Å². The van der Waals surface area contributed by atoms with Crippen LogP contribution in [-0.2, 0) is 0 Å². The topological polar surface area (TPSA) is 12.5 Å². The average molecular weight is 404 g/mol. The van der Waals surface area contributed by atoms with E-state index in [0.717, 1.165) is 5.75 Å². The molecule has 0 spiro atoms. The highest BCUT2D eigenvalue weighted by Gasteiger charge is 2.41. The molecule has 2 nitrogen and oxygen atoms in total. The molecule has 0 N–H and O–H groups in total. The van der Waals surface area contributed by atoms with Gasteiger partial charge >= 0.3 is 0 Å². The normalized spacial score (nSPS) is 18.9. The second-order valence-electron chi connectivity index (χ2n) is 8.94. The number of piperidine rings is 1. The molecule has 0 bridgehead atoms. The lowest BCUT2D eigenvalue weighted by Gasteiger charge is -2.32. The zero-order valence-electron chi connectivity index (χ0n) is 18.1. The van der Waals surface area contributed by atoms with Gasteiger partial charge < -0.3 is 9.64 Å². The van der Waals surface area contributed by atoms with Crippen molar-refractivity contribution in [1.29, 1.82) is 0 Å². The molecule has 1 aliphatic heterocycles. The first-order valence-electron chi connectivity index (χ1n) is 10.9. The van der Waals surface area contributed by atoms with E-state index in [-0.39, 0.29) is 0 Å². The number of aryl methyl sites for hydroxylation is 1. The van der Waals surface area contributed by atoms with Crippen molar-refractivity contribution < 1.29 is 4.74 Å². The predicted molar refractivity (Wildman–Crippen MR) is 127 cm³/mol. The third-order valence-corrected chi connectivity index (χ3v) is 10.4. The maximum absolute atomic E-state index is 6.18. The molecule has 0 amide bonds. The number of allylic oxidation sites excluding steroid dienone is 1. The van der Waals surface area contributed by atoms with E-state index in [9.17, 15) is 0 Å². The highest BCUT2D eigenvalue weighted by atomic mass is 28.3. The van der Waals surface area contributed by atoms with Crippen molar-refractivity contribution >= 4 is 19.0 Å². The molecule has 0 aromatic heterocycles. The molecule has 152 valence electrons. The number of hydrogen-bond acceptors (Lipinski definition) is 2. The Hall–Kier alpha value is -2.26. The molecule has 2 aromatic carbocycles. The maximum atomic E-state index is 6.18. The Kier molecular flexibility index (Phi) is 5.69. The monoisotopic (exact) mass is 403 g/mol. The number of para-hydroxylation sites is 1. The van der Waals surface area contributed by atoms with Crippen LogP contribution in [-0.4, -0.2) is 32.7 Å². The van der Waals surface area contributed by atoms with E-state index in [1.165, 1.54) is 59.9 Å². The lowest BCUT2D eigenvalue weighted by atomic mass is 10.1. The maximum Gasteiger partial charge on any atom is 0.121 e. The van der Waals surface area contributed by atoms with Gasteiger partial charge in [0.05, 0.1) is 8.07 Å². The van der Waals surface area contributed by atoms with E-state index in [1.807, 2.05) is 6.08 Å². The Morgan fingerprint density at radius 1 is 1.07 bits per heavy atom. The van der Waals surface area contributed by atoms with Gasteiger partial charge in [0.2, 0.25) is 0 Å². The molecule has 4 rings (SSSR count). The standard InChI is InChI=1S/C26H33NOSi/c1-5-18-28-26-20(2)12-11-15-24(26)29(3,4)25-19-23(27-16-9-6-10-17-27)21-13-7-8-14-22(21)25/h5,7-8,11-15,19,25H,1,6,9-10,16-18H2,2-4H3. The van der Waals surface area contributed by atoms with Crippen molar-refractivity contribution in [1.82, 2.24) is 4.90 Å². The van der Waals surface area contributed by atoms with Crippen LogP contribution in [0.2, 0.25) is 13.1 Å². The molecule has 1 saturated heterocycles. The van der Waals surface area contributed by atoms with Gasteiger partial charge in [0.25, 0.3) is 0 Å². The summed E-state index contributed by atoms with van der Waals surface area (Å²) in [6.45, 7) is 13.9. The van der Waals surface area contributed by atoms with E-state index < -0.39 is 8.07 Å². The van der Waals surface area contributed by atoms with Crippen LogP contribution in [0.4, 0.5) is 0 Å². The van der Waals surface area contributed by atoms with Gasteiger partial charge in [0, 0.05) is 29.9 Å². The van der Waals surface area contributed by atoms with Gasteiger partial charge in [-0.15, -0.1) is 0 Å². The zero-order valence-corrected chi connectivity index (χ0v) is 19.1. The summed E-state index contributed by atoms with van der Waals surface area (Å²) in [5.74, 6) is 1.07. The molecule has 2 aliphatic rings. The summed E-state index contributed by atoms with van der Waals surface area (Å²) in [7, 11) is -1.89. The number of benzene rings is 2. The van der Waals surface area contributed by atoms with Crippen LogP contribution >= 0.6 is 0 Å². The predicted octanol–water partition coefficient (Wildman–Crippen LogP) is 5.64. The zero-order chi connectivity index (χ0) is 20.4. The first-order chi connectivity index (χ1) is 14.0. The van der Waals surface area contributed by atoms with E-state index in [0.29, 0.717) is 12.1 Å². The van der Waals surface area contributed by atoms with Crippen molar-refractivity contribution in [3.63, 3.8) is 0 Å². The van der Waals surface area contributed by atoms with Crippen molar-refractivity contribution in [3.8, 4) is 5.75 Å². The molecule has 1 aliphatic carbocycles. The van der Waals surface area contributed by atoms with E-state index in [4.69, 9.17) is 4.74 Å². The summed E-state index contributed by atoms with van der Waals surface area (Å²) < 4.78 is 6.18. The number of hydrogen-bond donors (Lipinski definition) is 0. The molecule has 2 aromatic rings. The fourth-order valence-electron chi connectivity index (χ4n) is 5.01. The summed E-state index contributed by atoms with van der Waals surface area (Å²) in [4.78, 5) is 2.62. The van der Waals surface area contributed by atoms with Crippen molar-refractivity contribution in [2.75, 3.05) is 19.7 Å². The highest BCUT2D eigenvalue weighted by Crippen LogP contribution is 2.43. The molecule has 0 radical (unpaired) electrons. The fraction of sp³-hybridized carbons (Fsp3) is 0.385. The number of ether oxygens (including phenoxy) is 1. The Balaban J connectivity index is 1.78. The molecule has 0 saturated carbocycles. The summed E-state index contributed by atoms with van der Waals surface area (Å²) >= 11 is 0. The summed E-state index contributed by atoms with van der Waals surface area (Å²) in [6.07, 6.45) is 8.40. The summed E-state index contributed by atoms with van der Waals surface area (Å²) in [6, 6.07) is 15.7. The molecule has 1 fully saturated rings. The minimum Gasteiger partial charge on any atom is -0.489 e. The van der Waals surface area contributed by atoms with Crippen molar-refractivity contribution in [2.24, 2.45) is 0 Å². The van der Waals surface area contributed by atoms with E-state index in [1.54, 1.807) is 0 Å². The van der Waals surface area contributed by atoms with Crippen LogP contribution in [0.1, 0.15) is 41.5 Å². The van der Waals surface area contributed by atoms with Gasteiger partial charge in [-0.05, 0) is 42.5 Å². The van der Waals surface area contributed by atoms with Crippen molar-refractivity contribution in [2.45, 2.75) is 44.8 Å². The second kappa shape index (κ2) is 8.23. The highest BCUT2D eigenvalue weighted by molar-refractivity contribution is 6.92. The van der Waals surface area contributed by atoms with Gasteiger partial charge in [0.15, 0.2) is 0 Å². The Morgan fingerprint density at radius 2 is 1.83 bits per heavy atom. The van der Waals surface area contributed by atoms with Crippen LogP contribution in [0, 0.1) is 6.92 Å². The molecular weight excluding hydrogens is 370 g/mol. The number of nitrogens with zero attached hydrogens (tertiary/aromatic N) is 1. The van der Waals surface area contributed by atoms with Crippen molar-refractivity contribution in [3.05, 3.63) is 77.9 Å². The van der Waals surface area contributed by atoms with Crippen LogP contribution in [0.5, 0.6) is 5.75 Å². The molecule has 1 heterocycles. The van der Waals surface area contributed by atoms with Gasteiger partial charge in [-0.25, -0.2) is 0 Å². The third-order valence-electron chi connectivity index (χ3n) is 6.62. The first-order valence-corrected chi connectivity index (χ1v) is 14.0. The summed E-state index contributed by atoms with van der Waals surface area (Å²) in [5.41, 5.74) is 6.09. The lowest BCUT2D eigenvalue weighted by Crippen LogP contribution is -2.47. The average Bonchev–Trinajstić information content (AvgIpc) is 3.14. The smallest absolute Gasteiger partial charge is 0.121 e.